The van der Waals surface area contributed by atoms with E-state index in [0.717, 1.165) is 28.9 Å². The van der Waals surface area contributed by atoms with Crippen LogP contribution in [-0.4, -0.2) is 26.2 Å². The van der Waals surface area contributed by atoms with Crippen LogP contribution in [0.1, 0.15) is 51.5 Å². The van der Waals surface area contributed by atoms with Gasteiger partial charge in [0.25, 0.3) is 0 Å². The standard InChI is InChI=1S/C22H31NO3/c1-22(2,17-10-18(25-3)12-19(11-17)26-4)21(24)23-20-15-6-13-5-14(8-15)9-16(20)7-13/h10-16,20H,5-9H2,1-4H3,(H,23,24). The molecule has 4 bridgehead atoms. The number of methoxy groups -OCH3 is 2. The maximum Gasteiger partial charge on any atom is 0.230 e. The van der Waals surface area contributed by atoms with E-state index in [0.29, 0.717) is 17.9 Å². The number of ether oxygens (including phenoxy) is 2. The fourth-order valence-electron chi connectivity index (χ4n) is 5.79. The zero-order chi connectivity index (χ0) is 18.5. The highest BCUT2D eigenvalue weighted by Gasteiger charge is 2.49. The second kappa shape index (κ2) is 6.47. The predicted molar refractivity (Wildman–Crippen MR) is 102 cm³/mol. The molecule has 1 amide bonds. The molecule has 0 heterocycles. The zero-order valence-electron chi connectivity index (χ0n) is 16.4. The Morgan fingerprint density at radius 3 is 1.88 bits per heavy atom. The van der Waals surface area contributed by atoms with Crippen LogP contribution >= 0.6 is 0 Å². The maximum atomic E-state index is 13.3. The van der Waals surface area contributed by atoms with Crippen LogP contribution in [0.2, 0.25) is 0 Å². The molecule has 0 aliphatic heterocycles. The summed E-state index contributed by atoms with van der Waals surface area (Å²) in [5.74, 6) is 4.76. The van der Waals surface area contributed by atoms with Crippen molar-refractivity contribution in [3.63, 3.8) is 0 Å². The molecule has 142 valence electrons. The van der Waals surface area contributed by atoms with Crippen LogP contribution < -0.4 is 14.8 Å². The number of hydrogen-bond acceptors (Lipinski definition) is 3. The van der Waals surface area contributed by atoms with Crippen molar-refractivity contribution >= 4 is 5.91 Å². The second-order valence-corrected chi connectivity index (χ2v) is 9.16. The van der Waals surface area contributed by atoms with Crippen molar-refractivity contribution in [2.24, 2.45) is 23.7 Å². The number of carbonyl (C=O) groups excluding carboxylic acids is 1. The molecule has 1 aromatic carbocycles. The molecule has 26 heavy (non-hydrogen) atoms. The van der Waals surface area contributed by atoms with Crippen LogP contribution in [0.3, 0.4) is 0 Å². The summed E-state index contributed by atoms with van der Waals surface area (Å²) in [7, 11) is 3.28. The van der Waals surface area contributed by atoms with Gasteiger partial charge in [-0.25, -0.2) is 0 Å². The zero-order valence-corrected chi connectivity index (χ0v) is 16.4. The number of amides is 1. The van der Waals surface area contributed by atoms with Gasteiger partial charge in [0, 0.05) is 12.1 Å². The molecule has 4 fully saturated rings. The Labute approximate surface area is 156 Å². The minimum atomic E-state index is -0.628. The molecule has 1 N–H and O–H groups in total. The van der Waals surface area contributed by atoms with E-state index >= 15 is 0 Å². The first-order valence-electron chi connectivity index (χ1n) is 9.95. The summed E-state index contributed by atoms with van der Waals surface area (Å²) in [4.78, 5) is 13.3. The Kier molecular flexibility index (Phi) is 4.40. The van der Waals surface area contributed by atoms with Gasteiger partial charge in [0.2, 0.25) is 5.91 Å². The third kappa shape index (κ3) is 2.97. The topological polar surface area (TPSA) is 47.6 Å². The minimum Gasteiger partial charge on any atom is -0.497 e. The largest absolute Gasteiger partial charge is 0.497 e. The van der Waals surface area contributed by atoms with Gasteiger partial charge in [-0.1, -0.05) is 0 Å². The van der Waals surface area contributed by atoms with Crippen molar-refractivity contribution in [1.29, 1.82) is 0 Å². The van der Waals surface area contributed by atoms with Crippen molar-refractivity contribution in [2.45, 2.75) is 57.4 Å². The van der Waals surface area contributed by atoms with E-state index in [1.165, 1.54) is 32.1 Å². The van der Waals surface area contributed by atoms with Gasteiger partial charge in [0.05, 0.1) is 19.6 Å². The summed E-state index contributed by atoms with van der Waals surface area (Å²) < 4.78 is 10.8. The van der Waals surface area contributed by atoms with E-state index in [2.05, 4.69) is 5.32 Å². The van der Waals surface area contributed by atoms with E-state index in [-0.39, 0.29) is 5.91 Å². The molecule has 4 aliphatic rings. The highest BCUT2D eigenvalue weighted by atomic mass is 16.5. The van der Waals surface area contributed by atoms with Crippen LogP contribution in [0.15, 0.2) is 18.2 Å². The van der Waals surface area contributed by atoms with Crippen molar-refractivity contribution in [3.8, 4) is 11.5 Å². The van der Waals surface area contributed by atoms with Crippen molar-refractivity contribution in [2.75, 3.05) is 14.2 Å². The van der Waals surface area contributed by atoms with Gasteiger partial charge in [-0.3, -0.25) is 4.79 Å². The Balaban J connectivity index is 1.54. The van der Waals surface area contributed by atoms with Gasteiger partial charge in [0.15, 0.2) is 0 Å². The molecule has 0 saturated heterocycles. The van der Waals surface area contributed by atoms with Gasteiger partial charge in [0.1, 0.15) is 11.5 Å². The maximum absolute atomic E-state index is 13.3. The quantitative estimate of drug-likeness (QED) is 0.869. The van der Waals surface area contributed by atoms with E-state index in [4.69, 9.17) is 9.47 Å². The Bertz CT molecular complexity index is 646. The smallest absolute Gasteiger partial charge is 0.230 e. The number of rotatable bonds is 5. The Morgan fingerprint density at radius 1 is 0.923 bits per heavy atom. The molecule has 4 saturated carbocycles. The van der Waals surface area contributed by atoms with Crippen molar-refractivity contribution in [1.82, 2.24) is 5.32 Å². The number of carbonyl (C=O) groups is 1. The first-order valence-corrected chi connectivity index (χ1v) is 9.95. The van der Waals surface area contributed by atoms with E-state index in [9.17, 15) is 4.79 Å². The van der Waals surface area contributed by atoms with Gasteiger partial charge >= 0.3 is 0 Å². The molecule has 0 unspecified atom stereocenters. The first-order chi connectivity index (χ1) is 12.4. The number of hydrogen-bond donors (Lipinski definition) is 1. The highest BCUT2D eigenvalue weighted by Crippen LogP contribution is 2.53. The summed E-state index contributed by atoms with van der Waals surface area (Å²) in [6, 6.07) is 6.09. The second-order valence-electron chi connectivity index (χ2n) is 9.16. The fraction of sp³-hybridized carbons (Fsp3) is 0.682. The summed E-state index contributed by atoms with van der Waals surface area (Å²) in [6.45, 7) is 3.99. The summed E-state index contributed by atoms with van der Waals surface area (Å²) in [5.41, 5.74) is 0.297. The highest BCUT2D eigenvalue weighted by molar-refractivity contribution is 5.88. The van der Waals surface area contributed by atoms with Crippen LogP contribution in [0.4, 0.5) is 0 Å². The van der Waals surface area contributed by atoms with Gasteiger partial charge in [-0.15, -0.1) is 0 Å². The molecule has 5 rings (SSSR count). The molecular weight excluding hydrogens is 326 g/mol. The number of nitrogens with one attached hydrogen (secondary N) is 1. The Hall–Kier alpha value is -1.71. The lowest BCUT2D eigenvalue weighted by atomic mass is 9.54. The molecule has 0 spiro atoms. The fourth-order valence-corrected chi connectivity index (χ4v) is 5.79. The van der Waals surface area contributed by atoms with Crippen LogP contribution in [0.5, 0.6) is 11.5 Å². The van der Waals surface area contributed by atoms with E-state index in [1.807, 2.05) is 32.0 Å². The normalized spacial score (nSPS) is 32.4. The SMILES string of the molecule is COc1cc(OC)cc(C(C)(C)C(=O)NC2C3CC4CC(C3)CC2C4)c1. The van der Waals surface area contributed by atoms with Crippen LogP contribution in [0.25, 0.3) is 0 Å². The molecule has 1 aromatic rings. The lowest BCUT2D eigenvalue weighted by Gasteiger charge is -2.54. The molecule has 0 aromatic heterocycles. The van der Waals surface area contributed by atoms with Crippen molar-refractivity contribution in [3.05, 3.63) is 23.8 Å². The molecule has 0 atom stereocenters. The van der Waals surface area contributed by atoms with E-state index in [1.54, 1.807) is 14.2 Å². The van der Waals surface area contributed by atoms with E-state index < -0.39 is 5.41 Å². The molecular formula is C22H31NO3. The molecule has 0 radical (unpaired) electrons. The minimum absolute atomic E-state index is 0.116. The predicted octanol–water partition coefficient (Wildman–Crippen LogP) is 3.92. The first kappa shape index (κ1) is 17.7. The summed E-state index contributed by atoms with van der Waals surface area (Å²) in [5, 5.41) is 3.46. The number of benzene rings is 1. The monoisotopic (exact) mass is 357 g/mol. The Morgan fingerprint density at radius 2 is 1.42 bits per heavy atom. The van der Waals surface area contributed by atoms with Gasteiger partial charge < -0.3 is 14.8 Å². The van der Waals surface area contributed by atoms with Gasteiger partial charge in [-0.05, 0) is 87.3 Å². The molecule has 4 aliphatic carbocycles. The van der Waals surface area contributed by atoms with Crippen LogP contribution in [-0.2, 0) is 10.2 Å². The lowest BCUT2D eigenvalue weighted by molar-refractivity contribution is -0.129. The van der Waals surface area contributed by atoms with Gasteiger partial charge in [-0.2, -0.15) is 0 Å². The third-order valence-corrected chi connectivity index (χ3v) is 7.17. The summed E-state index contributed by atoms with van der Waals surface area (Å²) in [6.07, 6.45) is 6.68. The summed E-state index contributed by atoms with van der Waals surface area (Å²) >= 11 is 0. The van der Waals surface area contributed by atoms with Crippen LogP contribution in [0, 0.1) is 23.7 Å². The average Bonchev–Trinajstić information content (AvgIpc) is 2.63. The lowest BCUT2D eigenvalue weighted by Crippen LogP contribution is -2.58. The third-order valence-electron chi connectivity index (χ3n) is 7.17. The molecule has 4 nitrogen and oxygen atoms in total. The average molecular weight is 357 g/mol. The molecule has 4 heteroatoms. The van der Waals surface area contributed by atoms with Crippen molar-refractivity contribution < 1.29 is 14.3 Å².